The maximum Gasteiger partial charge on any atom is 0.311 e. The van der Waals surface area contributed by atoms with Gasteiger partial charge in [-0.1, -0.05) is 51.2 Å². The van der Waals surface area contributed by atoms with Crippen LogP contribution in [0.1, 0.15) is 51.9 Å². The molecule has 0 spiro atoms. The fourth-order valence-electron chi connectivity index (χ4n) is 2.51. The Labute approximate surface area is 131 Å². The van der Waals surface area contributed by atoms with Crippen molar-refractivity contribution in [3.63, 3.8) is 0 Å². The van der Waals surface area contributed by atoms with Gasteiger partial charge in [0.05, 0.1) is 0 Å². The van der Waals surface area contributed by atoms with Gasteiger partial charge < -0.3 is 9.84 Å². The van der Waals surface area contributed by atoms with Crippen molar-refractivity contribution in [2.75, 3.05) is 0 Å². The Hall–Kier alpha value is -2.03. The Morgan fingerprint density at radius 2 is 1.64 bits per heavy atom. The second kappa shape index (κ2) is 8.42. The zero-order valence-corrected chi connectivity index (χ0v) is 13.2. The molecule has 2 aromatic carbocycles. The van der Waals surface area contributed by atoms with Crippen LogP contribution in [0.15, 0.2) is 36.4 Å². The predicted molar refractivity (Wildman–Crippen MR) is 89.2 cm³/mol. The van der Waals surface area contributed by atoms with E-state index in [0.29, 0.717) is 12.2 Å². The smallest absolute Gasteiger partial charge is 0.311 e. The highest BCUT2D eigenvalue weighted by Crippen LogP contribution is 2.24. The maximum atomic E-state index is 11.8. The number of aromatic hydroxyl groups is 1. The molecule has 0 fully saturated rings. The largest absolute Gasteiger partial charge is 0.508 e. The number of benzene rings is 2. The standard InChI is InChI=1S/C19H24O3/c1-2-3-4-5-6-7-8-19(21)22-18-12-10-15-13-17(20)11-9-16(15)14-18/h9-14,20H,2-8H2,1H3. The summed E-state index contributed by atoms with van der Waals surface area (Å²) in [5.41, 5.74) is 0. The molecular weight excluding hydrogens is 276 g/mol. The average molecular weight is 300 g/mol. The Balaban J connectivity index is 1.80. The van der Waals surface area contributed by atoms with Crippen LogP contribution in [0.2, 0.25) is 0 Å². The summed E-state index contributed by atoms with van der Waals surface area (Å²) in [7, 11) is 0. The van der Waals surface area contributed by atoms with Crippen LogP contribution in [-0.4, -0.2) is 11.1 Å². The van der Waals surface area contributed by atoms with E-state index in [1.165, 1.54) is 25.7 Å². The topological polar surface area (TPSA) is 46.5 Å². The fraction of sp³-hybridized carbons (Fsp3) is 0.421. The Morgan fingerprint density at radius 3 is 2.45 bits per heavy atom. The summed E-state index contributed by atoms with van der Waals surface area (Å²) in [6.45, 7) is 2.20. The zero-order chi connectivity index (χ0) is 15.8. The van der Waals surface area contributed by atoms with Gasteiger partial charge in [0.2, 0.25) is 0 Å². The molecular formula is C19H24O3. The number of ether oxygens (including phenoxy) is 1. The lowest BCUT2D eigenvalue weighted by molar-refractivity contribution is -0.134. The number of carbonyl (C=O) groups is 1. The third-order valence-corrected chi connectivity index (χ3v) is 3.76. The quantitative estimate of drug-likeness (QED) is 0.414. The van der Waals surface area contributed by atoms with Crippen molar-refractivity contribution in [2.24, 2.45) is 0 Å². The molecule has 0 heterocycles. The van der Waals surface area contributed by atoms with E-state index in [1.54, 1.807) is 18.2 Å². The molecule has 0 saturated heterocycles. The number of carbonyl (C=O) groups excluding carboxylic acids is 1. The molecule has 0 bridgehead atoms. The molecule has 22 heavy (non-hydrogen) atoms. The average Bonchev–Trinajstić information content (AvgIpc) is 2.51. The van der Waals surface area contributed by atoms with E-state index in [4.69, 9.17) is 4.74 Å². The van der Waals surface area contributed by atoms with Gasteiger partial charge in [-0.3, -0.25) is 4.79 Å². The molecule has 118 valence electrons. The number of phenolic OH excluding ortho intramolecular Hbond substituents is 1. The molecule has 2 aromatic rings. The van der Waals surface area contributed by atoms with E-state index < -0.39 is 0 Å². The van der Waals surface area contributed by atoms with Gasteiger partial charge in [-0.05, 0) is 41.5 Å². The predicted octanol–water partition coefficient (Wildman–Crippen LogP) is 5.20. The molecule has 0 aliphatic carbocycles. The molecule has 0 unspecified atom stereocenters. The summed E-state index contributed by atoms with van der Waals surface area (Å²) in [6.07, 6.45) is 7.42. The highest BCUT2D eigenvalue weighted by molar-refractivity contribution is 5.86. The van der Waals surface area contributed by atoms with Crippen LogP contribution in [0.5, 0.6) is 11.5 Å². The van der Waals surface area contributed by atoms with Crippen LogP contribution in [0.25, 0.3) is 10.8 Å². The molecule has 2 rings (SSSR count). The molecule has 0 amide bonds. The Bertz CT molecular complexity index is 619. The van der Waals surface area contributed by atoms with Crippen LogP contribution < -0.4 is 4.74 Å². The highest BCUT2D eigenvalue weighted by atomic mass is 16.5. The van der Waals surface area contributed by atoms with E-state index in [2.05, 4.69) is 6.92 Å². The fourth-order valence-corrected chi connectivity index (χ4v) is 2.51. The molecule has 0 aliphatic rings. The van der Waals surface area contributed by atoms with Crippen molar-refractivity contribution in [1.29, 1.82) is 0 Å². The molecule has 0 saturated carbocycles. The third-order valence-electron chi connectivity index (χ3n) is 3.76. The minimum atomic E-state index is -0.173. The minimum Gasteiger partial charge on any atom is -0.508 e. The first-order valence-corrected chi connectivity index (χ1v) is 8.12. The van der Waals surface area contributed by atoms with Gasteiger partial charge >= 0.3 is 5.97 Å². The first-order chi connectivity index (χ1) is 10.7. The van der Waals surface area contributed by atoms with Crippen molar-refractivity contribution < 1.29 is 14.6 Å². The van der Waals surface area contributed by atoms with E-state index >= 15 is 0 Å². The lowest BCUT2D eigenvalue weighted by atomic mass is 10.1. The second-order valence-corrected chi connectivity index (χ2v) is 5.69. The normalized spacial score (nSPS) is 10.8. The van der Waals surface area contributed by atoms with E-state index in [0.717, 1.165) is 23.6 Å². The first-order valence-electron chi connectivity index (χ1n) is 8.12. The maximum absolute atomic E-state index is 11.8. The van der Waals surface area contributed by atoms with Crippen LogP contribution >= 0.6 is 0 Å². The van der Waals surface area contributed by atoms with Gasteiger partial charge in [0.25, 0.3) is 0 Å². The summed E-state index contributed by atoms with van der Waals surface area (Å²) in [4.78, 5) is 11.8. The number of esters is 1. The molecule has 0 aliphatic heterocycles. The van der Waals surface area contributed by atoms with Gasteiger partial charge in [0.1, 0.15) is 11.5 Å². The summed E-state index contributed by atoms with van der Waals surface area (Å²) < 4.78 is 5.38. The number of phenols is 1. The number of hydrogen-bond acceptors (Lipinski definition) is 3. The summed E-state index contributed by atoms with van der Waals surface area (Å²) in [6, 6.07) is 10.6. The number of rotatable bonds is 8. The van der Waals surface area contributed by atoms with Crippen molar-refractivity contribution in [3.8, 4) is 11.5 Å². The SMILES string of the molecule is CCCCCCCCC(=O)Oc1ccc2cc(O)ccc2c1. The lowest BCUT2D eigenvalue weighted by Crippen LogP contribution is -2.07. The first kappa shape index (κ1) is 16.3. The van der Waals surface area contributed by atoms with Gasteiger partial charge in [0.15, 0.2) is 0 Å². The lowest BCUT2D eigenvalue weighted by Gasteiger charge is -2.06. The molecule has 0 radical (unpaired) electrons. The van der Waals surface area contributed by atoms with Gasteiger partial charge in [-0.15, -0.1) is 0 Å². The van der Waals surface area contributed by atoms with Crippen molar-refractivity contribution in [2.45, 2.75) is 51.9 Å². The van der Waals surface area contributed by atoms with E-state index in [-0.39, 0.29) is 11.7 Å². The van der Waals surface area contributed by atoms with Crippen LogP contribution in [0.4, 0.5) is 0 Å². The third kappa shape index (κ3) is 5.06. The second-order valence-electron chi connectivity index (χ2n) is 5.69. The molecule has 0 aromatic heterocycles. The van der Waals surface area contributed by atoms with Crippen molar-refractivity contribution in [1.82, 2.24) is 0 Å². The molecule has 1 N–H and O–H groups in total. The molecule has 3 nitrogen and oxygen atoms in total. The van der Waals surface area contributed by atoms with E-state index in [9.17, 15) is 9.90 Å². The minimum absolute atomic E-state index is 0.173. The van der Waals surface area contributed by atoms with E-state index in [1.807, 2.05) is 18.2 Å². The summed E-state index contributed by atoms with van der Waals surface area (Å²) >= 11 is 0. The number of unbranched alkanes of at least 4 members (excludes halogenated alkanes) is 5. The Morgan fingerprint density at radius 1 is 0.955 bits per heavy atom. The van der Waals surface area contributed by atoms with Crippen molar-refractivity contribution >= 4 is 16.7 Å². The summed E-state index contributed by atoms with van der Waals surface area (Å²) in [5, 5.41) is 11.3. The summed E-state index contributed by atoms with van der Waals surface area (Å²) in [5.74, 6) is 0.628. The highest BCUT2D eigenvalue weighted by Gasteiger charge is 2.06. The molecule has 3 heteroatoms. The molecule has 0 atom stereocenters. The number of fused-ring (bicyclic) bond motifs is 1. The zero-order valence-electron chi connectivity index (χ0n) is 13.2. The number of hydrogen-bond donors (Lipinski definition) is 1. The van der Waals surface area contributed by atoms with Crippen LogP contribution in [-0.2, 0) is 4.79 Å². The van der Waals surface area contributed by atoms with Crippen molar-refractivity contribution in [3.05, 3.63) is 36.4 Å². The van der Waals surface area contributed by atoms with Gasteiger partial charge in [-0.2, -0.15) is 0 Å². The van der Waals surface area contributed by atoms with Crippen LogP contribution in [0.3, 0.4) is 0 Å². The Kier molecular flexibility index (Phi) is 6.26. The van der Waals surface area contributed by atoms with Gasteiger partial charge in [-0.25, -0.2) is 0 Å². The van der Waals surface area contributed by atoms with Gasteiger partial charge in [0, 0.05) is 6.42 Å². The monoisotopic (exact) mass is 300 g/mol. The van der Waals surface area contributed by atoms with Crippen LogP contribution in [0, 0.1) is 0 Å².